The smallest absolute Gasteiger partial charge is 0.323 e. The number of benzene rings is 1. The number of methoxy groups -OCH3 is 1. The molecule has 0 aliphatic carbocycles. The molecule has 21 heavy (non-hydrogen) atoms. The van der Waals surface area contributed by atoms with Crippen molar-refractivity contribution >= 4 is 5.97 Å². The van der Waals surface area contributed by atoms with Crippen molar-refractivity contribution in [2.45, 2.75) is 39.2 Å². The fraction of sp³-hybridized carbons (Fsp3) is 0.588. The Bertz CT molecular complexity index is 467. The van der Waals surface area contributed by atoms with Gasteiger partial charge in [-0.2, -0.15) is 0 Å². The largest absolute Gasteiger partial charge is 0.494 e. The number of hydrogen-bond acceptors (Lipinski definition) is 4. The Hall–Kier alpha value is -1.55. The van der Waals surface area contributed by atoms with Gasteiger partial charge in [0.25, 0.3) is 0 Å². The van der Waals surface area contributed by atoms with Gasteiger partial charge in [0.1, 0.15) is 11.8 Å². The van der Waals surface area contributed by atoms with Crippen LogP contribution in [0.25, 0.3) is 0 Å². The van der Waals surface area contributed by atoms with Gasteiger partial charge in [-0.05, 0) is 62.9 Å². The Morgan fingerprint density at radius 2 is 2.00 bits per heavy atom. The third-order valence-corrected chi connectivity index (χ3v) is 3.89. The molecule has 1 aliphatic rings. The second-order valence-corrected chi connectivity index (χ2v) is 5.74. The molecule has 1 atom stereocenters. The van der Waals surface area contributed by atoms with E-state index in [0.29, 0.717) is 6.61 Å². The highest BCUT2D eigenvalue weighted by atomic mass is 16.5. The fourth-order valence-corrected chi connectivity index (χ4v) is 2.97. The predicted molar refractivity (Wildman–Crippen MR) is 82.6 cm³/mol. The Labute approximate surface area is 127 Å². The molecular formula is C17H25NO3. The molecule has 1 heterocycles. The number of likely N-dealkylation sites (tertiary alicyclic amines) is 1. The molecule has 1 unspecified atom stereocenters. The first-order valence-corrected chi connectivity index (χ1v) is 7.63. The topological polar surface area (TPSA) is 38.8 Å². The van der Waals surface area contributed by atoms with Crippen molar-refractivity contribution in [2.24, 2.45) is 0 Å². The molecule has 4 heteroatoms. The maximum atomic E-state index is 11.7. The first-order valence-electron chi connectivity index (χ1n) is 7.63. The molecule has 0 amide bonds. The van der Waals surface area contributed by atoms with Crippen molar-refractivity contribution in [3.63, 3.8) is 0 Å². The van der Waals surface area contributed by atoms with Gasteiger partial charge in [-0.15, -0.1) is 0 Å². The quantitative estimate of drug-likeness (QED) is 0.597. The van der Waals surface area contributed by atoms with E-state index < -0.39 is 0 Å². The zero-order valence-corrected chi connectivity index (χ0v) is 13.2. The van der Waals surface area contributed by atoms with Crippen LogP contribution < -0.4 is 4.74 Å². The molecule has 0 radical (unpaired) electrons. The minimum absolute atomic E-state index is 0.0591. The lowest BCUT2D eigenvalue weighted by Gasteiger charge is -2.22. The molecule has 1 aromatic rings. The summed E-state index contributed by atoms with van der Waals surface area (Å²) in [6.45, 7) is 6.68. The van der Waals surface area contributed by atoms with Crippen LogP contribution in [0.4, 0.5) is 0 Å². The van der Waals surface area contributed by atoms with E-state index in [2.05, 4.69) is 36.9 Å². The molecule has 0 saturated carbocycles. The van der Waals surface area contributed by atoms with E-state index in [1.807, 2.05) is 0 Å². The second-order valence-electron chi connectivity index (χ2n) is 5.74. The molecule has 1 saturated heterocycles. The summed E-state index contributed by atoms with van der Waals surface area (Å²) in [6, 6.07) is 6.19. The van der Waals surface area contributed by atoms with Gasteiger partial charge in [0.2, 0.25) is 0 Å². The summed E-state index contributed by atoms with van der Waals surface area (Å²) in [5.41, 5.74) is 2.44. The van der Waals surface area contributed by atoms with E-state index in [4.69, 9.17) is 9.47 Å². The number of nitrogens with zero attached hydrogens (tertiary/aromatic N) is 1. The Morgan fingerprint density at radius 3 is 2.67 bits per heavy atom. The molecule has 0 bridgehead atoms. The van der Waals surface area contributed by atoms with Crippen LogP contribution >= 0.6 is 0 Å². The van der Waals surface area contributed by atoms with Gasteiger partial charge in [-0.25, -0.2) is 0 Å². The van der Waals surface area contributed by atoms with Crippen molar-refractivity contribution < 1.29 is 14.3 Å². The van der Waals surface area contributed by atoms with Gasteiger partial charge in [0.05, 0.1) is 13.7 Å². The summed E-state index contributed by atoms with van der Waals surface area (Å²) in [6.07, 6.45) is 2.89. The van der Waals surface area contributed by atoms with E-state index in [-0.39, 0.29) is 12.0 Å². The maximum Gasteiger partial charge on any atom is 0.323 e. The molecule has 1 aliphatic heterocycles. The van der Waals surface area contributed by atoms with Crippen molar-refractivity contribution in [1.29, 1.82) is 0 Å². The maximum absolute atomic E-state index is 11.7. The van der Waals surface area contributed by atoms with Gasteiger partial charge in [-0.3, -0.25) is 9.69 Å². The highest BCUT2D eigenvalue weighted by Gasteiger charge is 2.30. The molecule has 0 N–H and O–H groups in total. The normalized spacial score (nSPS) is 18.7. The first kappa shape index (κ1) is 15.8. The van der Waals surface area contributed by atoms with Gasteiger partial charge >= 0.3 is 5.97 Å². The van der Waals surface area contributed by atoms with Crippen LogP contribution in [0, 0.1) is 13.8 Å². The number of esters is 1. The zero-order valence-electron chi connectivity index (χ0n) is 13.2. The van der Waals surface area contributed by atoms with Crippen molar-refractivity contribution in [3.05, 3.63) is 29.3 Å². The lowest BCUT2D eigenvalue weighted by molar-refractivity contribution is -0.145. The number of aryl methyl sites for hydroxylation is 2. The molecule has 1 aromatic carbocycles. The van der Waals surface area contributed by atoms with E-state index in [0.717, 1.165) is 38.1 Å². The summed E-state index contributed by atoms with van der Waals surface area (Å²) < 4.78 is 10.7. The minimum atomic E-state index is -0.109. The van der Waals surface area contributed by atoms with E-state index >= 15 is 0 Å². The van der Waals surface area contributed by atoms with E-state index in [1.165, 1.54) is 18.2 Å². The molecular weight excluding hydrogens is 266 g/mol. The van der Waals surface area contributed by atoms with Crippen molar-refractivity contribution in [3.8, 4) is 5.75 Å². The third kappa shape index (κ3) is 4.46. The lowest BCUT2D eigenvalue weighted by atomic mass is 10.1. The zero-order chi connectivity index (χ0) is 15.2. The minimum Gasteiger partial charge on any atom is -0.494 e. The first-order chi connectivity index (χ1) is 10.1. The van der Waals surface area contributed by atoms with Crippen LogP contribution in [-0.2, 0) is 9.53 Å². The Kier molecular flexibility index (Phi) is 5.62. The fourth-order valence-electron chi connectivity index (χ4n) is 2.97. The SMILES string of the molecule is COC(=O)C1CCCN1CCCOc1cc(C)cc(C)c1. The van der Waals surface area contributed by atoms with Crippen LogP contribution in [0.5, 0.6) is 5.75 Å². The third-order valence-electron chi connectivity index (χ3n) is 3.89. The molecule has 4 nitrogen and oxygen atoms in total. The summed E-state index contributed by atoms with van der Waals surface area (Å²) in [5, 5.41) is 0. The standard InChI is InChI=1S/C17H25NO3/c1-13-10-14(2)12-15(11-13)21-9-5-8-18-7-4-6-16(18)17(19)20-3/h10-12,16H,4-9H2,1-3H3. The molecule has 1 fully saturated rings. The molecule has 0 spiro atoms. The monoisotopic (exact) mass is 291 g/mol. The number of carbonyl (C=O) groups is 1. The van der Waals surface area contributed by atoms with Gasteiger partial charge in [0, 0.05) is 6.54 Å². The van der Waals surface area contributed by atoms with Crippen LogP contribution in [0.15, 0.2) is 18.2 Å². The lowest BCUT2D eigenvalue weighted by Crippen LogP contribution is -2.37. The van der Waals surface area contributed by atoms with Crippen LogP contribution in [0.2, 0.25) is 0 Å². The summed E-state index contributed by atoms with van der Waals surface area (Å²) in [7, 11) is 1.46. The summed E-state index contributed by atoms with van der Waals surface area (Å²) in [4.78, 5) is 13.9. The van der Waals surface area contributed by atoms with Crippen LogP contribution in [0.3, 0.4) is 0 Å². The highest BCUT2D eigenvalue weighted by molar-refractivity contribution is 5.75. The second kappa shape index (κ2) is 7.46. The number of rotatable bonds is 6. The summed E-state index contributed by atoms with van der Waals surface area (Å²) >= 11 is 0. The average molecular weight is 291 g/mol. The van der Waals surface area contributed by atoms with Crippen LogP contribution in [0.1, 0.15) is 30.4 Å². The molecule has 116 valence electrons. The average Bonchev–Trinajstić information content (AvgIpc) is 2.90. The number of carbonyl (C=O) groups excluding carboxylic acids is 1. The van der Waals surface area contributed by atoms with Gasteiger partial charge in [0.15, 0.2) is 0 Å². The number of hydrogen-bond donors (Lipinski definition) is 0. The van der Waals surface area contributed by atoms with E-state index in [9.17, 15) is 4.79 Å². The number of ether oxygens (including phenoxy) is 2. The van der Waals surface area contributed by atoms with Gasteiger partial charge in [-0.1, -0.05) is 6.07 Å². The molecule has 0 aromatic heterocycles. The van der Waals surface area contributed by atoms with E-state index in [1.54, 1.807) is 0 Å². The predicted octanol–water partition coefficient (Wildman–Crippen LogP) is 2.71. The molecule has 2 rings (SSSR count). The van der Waals surface area contributed by atoms with Crippen molar-refractivity contribution in [1.82, 2.24) is 4.90 Å². The Morgan fingerprint density at radius 1 is 1.29 bits per heavy atom. The highest BCUT2D eigenvalue weighted by Crippen LogP contribution is 2.19. The summed E-state index contributed by atoms with van der Waals surface area (Å²) in [5.74, 6) is 0.821. The van der Waals surface area contributed by atoms with Crippen molar-refractivity contribution in [2.75, 3.05) is 26.8 Å². The van der Waals surface area contributed by atoms with Crippen LogP contribution in [-0.4, -0.2) is 43.7 Å². The van der Waals surface area contributed by atoms with Gasteiger partial charge < -0.3 is 9.47 Å². The Balaban J connectivity index is 1.75.